The number of aromatic nitrogens is 5. The van der Waals surface area contributed by atoms with Crippen LogP contribution in [0.15, 0.2) is 79.4 Å². The van der Waals surface area contributed by atoms with Crippen LogP contribution < -0.4 is 10.2 Å². The molecule has 12 heteroatoms. The van der Waals surface area contributed by atoms with Gasteiger partial charge in [-0.2, -0.15) is 18.3 Å². The third kappa shape index (κ3) is 6.91. The number of piperazine rings is 1. The van der Waals surface area contributed by atoms with E-state index < -0.39 is 17.6 Å². The highest BCUT2D eigenvalue weighted by Crippen LogP contribution is 2.38. The number of alkyl halides is 3. The van der Waals surface area contributed by atoms with Crippen LogP contribution in [0.2, 0.25) is 0 Å². The normalized spacial score (nSPS) is 14.0. The number of rotatable bonds is 7. The first-order chi connectivity index (χ1) is 22.0. The van der Waals surface area contributed by atoms with Gasteiger partial charge in [0, 0.05) is 86.8 Å². The largest absolute Gasteiger partial charge is 0.418 e. The van der Waals surface area contributed by atoms with E-state index in [4.69, 9.17) is 4.98 Å². The fourth-order valence-electron chi connectivity index (χ4n) is 5.44. The first-order valence-corrected chi connectivity index (χ1v) is 14.9. The molecule has 236 valence electrons. The lowest BCUT2D eigenvalue weighted by Gasteiger charge is -2.34. The maximum absolute atomic E-state index is 14.1. The van der Waals surface area contributed by atoms with Crippen LogP contribution in [-0.2, 0) is 19.6 Å². The molecule has 0 bridgehead atoms. The minimum Gasteiger partial charge on any atom is -0.369 e. The Labute approximate surface area is 264 Å². The van der Waals surface area contributed by atoms with Gasteiger partial charge in [-0.05, 0) is 73.6 Å². The lowest BCUT2D eigenvalue weighted by atomic mass is 10.0. The predicted octanol–water partition coefficient (Wildman–Crippen LogP) is 5.86. The van der Waals surface area contributed by atoms with Crippen LogP contribution in [0, 0.1) is 6.92 Å². The average molecular weight is 627 g/mol. The third-order valence-corrected chi connectivity index (χ3v) is 8.13. The molecule has 1 saturated heterocycles. The van der Waals surface area contributed by atoms with E-state index in [0.29, 0.717) is 36.7 Å². The van der Waals surface area contributed by atoms with Gasteiger partial charge in [0.2, 0.25) is 0 Å². The standard InChI is InChI=1S/C34H33F3N8O/c1-22-4-5-23(33(46)41-31-7-6-27(19-28(31)34(35,36)37)45-14-12-43(2)13-15-45)16-24(22)18-32-39-10-8-29(40-32)25-17-26(21-38-20-25)30-9-11-44(3)42-30/h4-11,16-17,19-21H,12-15,18H2,1-3H3,(H,41,46). The summed E-state index contributed by atoms with van der Waals surface area (Å²) in [5.41, 5.74) is 4.38. The zero-order valence-corrected chi connectivity index (χ0v) is 25.7. The number of amides is 1. The molecule has 2 aromatic carbocycles. The molecule has 1 amide bonds. The van der Waals surface area contributed by atoms with Crippen molar-refractivity contribution in [2.24, 2.45) is 7.05 Å². The highest BCUT2D eigenvalue weighted by molar-refractivity contribution is 6.05. The van der Waals surface area contributed by atoms with E-state index in [1.807, 2.05) is 44.2 Å². The maximum Gasteiger partial charge on any atom is 0.418 e. The van der Waals surface area contributed by atoms with Crippen LogP contribution in [0.1, 0.15) is 32.9 Å². The first kappa shape index (κ1) is 30.9. The number of carbonyl (C=O) groups is 1. The van der Waals surface area contributed by atoms with Crippen molar-refractivity contribution >= 4 is 17.3 Å². The molecule has 9 nitrogen and oxygen atoms in total. The number of nitrogens with zero attached hydrogens (tertiary/aromatic N) is 7. The SMILES string of the molecule is Cc1ccc(C(=O)Nc2ccc(N3CCN(C)CC3)cc2C(F)(F)F)cc1Cc1nccc(-c2cncc(-c3ccn(C)n3)c2)n1. The molecule has 0 unspecified atom stereocenters. The Morgan fingerprint density at radius 3 is 2.39 bits per heavy atom. The zero-order chi connectivity index (χ0) is 32.4. The van der Waals surface area contributed by atoms with E-state index >= 15 is 0 Å². The number of hydrogen-bond acceptors (Lipinski definition) is 7. The molecule has 46 heavy (non-hydrogen) atoms. The molecule has 3 aromatic heterocycles. The van der Waals surface area contributed by atoms with E-state index in [-0.39, 0.29) is 11.3 Å². The highest BCUT2D eigenvalue weighted by Gasteiger charge is 2.35. The van der Waals surface area contributed by atoms with Crippen molar-refractivity contribution in [3.05, 3.63) is 107 Å². The molecule has 5 aromatic rings. The Morgan fingerprint density at radius 1 is 0.913 bits per heavy atom. The second-order valence-corrected chi connectivity index (χ2v) is 11.5. The third-order valence-electron chi connectivity index (χ3n) is 8.13. The second kappa shape index (κ2) is 12.7. The van der Waals surface area contributed by atoms with Gasteiger partial charge < -0.3 is 15.1 Å². The van der Waals surface area contributed by atoms with Crippen molar-refractivity contribution in [3.63, 3.8) is 0 Å². The quantitative estimate of drug-likeness (QED) is 0.242. The Morgan fingerprint density at radius 2 is 1.67 bits per heavy atom. The van der Waals surface area contributed by atoms with Gasteiger partial charge in [0.25, 0.3) is 5.91 Å². The summed E-state index contributed by atoms with van der Waals surface area (Å²) in [6.07, 6.45) is 2.68. The summed E-state index contributed by atoms with van der Waals surface area (Å²) < 4.78 is 44.1. The smallest absolute Gasteiger partial charge is 0.369 e. The summed E-state index contributed by atoms with van der Waals surface area (Å²) >= 11 is 0. The van der Waals surface area contributed by atoms with Gasteiger partial charge in [-0.1, -0.05) is 6.07 Å². The van der Waals surface area contributed by atoms with Crippen LogP contribution in [0.4, 0.5) is 24.5 Å². The van der Waals surface area contributed by atoms with E-state index in [2.05, 4.69) is 25.3 Å². The number of likely N-dealkylation sites (N-methyl/N-ethyl adjacent to an activating group) is 1. The molecule has 4 heterocycles. The molecule has 1 aliphatic rings. The van der Waals surface area contributed by atoms with Gasteiger partial charge >= 0.3 is 6.18 Å². The Hall–Kier alpha value is -5.10. The minimum absolute atomic E-state index is 0.236. The molecule has 0 spiro atoms. The molecule has 1 fully saturated rings. The molecule has 0 aliphatic carbocycles. The van der Waals surface area contributed by atoms with Gasteiger partial charge in [-0.3, -0.25) is 14.5 Å². The Bertz CT molecular complexity index is 1880. The van der Waals surface area contributed by atoms with Crippen molar-refractivity contribution in [1.82, 2.24) is 29.6 Å². The van der Waals surface area contributed by atoms with E-state index in [0.717, 1.165) is 47.1 Å². The van der Waals surface area contributed by atoms with E-state index in [1.165, 1.54) is 6.07 Å². The fraction of sp³-hybridized carbons (Fsp3) is 0.265. The summed E-state index contributed by atoms with van der Waals surface area (Å²) in [5, 5.41) is 6.94. The van der Waals surface area contributed by atoms with Crippen molar-refractivity contribution in [3.8, 4) is 22.5 Å². The van der Waals surface area contributed by atoms with Crippen molar-refractivity contribution < 1.29 is 18.0 Å². The molecule has 0 saturated carbocycles. The molecule has 0 radical (unpaired) electrons. The first-order valence-electron chi connectivity index (χ1n) is 14.9. The summed E-state index contributed by atoms with van der Waals surface area (Å²) in [7, 11) is 3.84. The zero-order valence-electron chi connectivity index (χ0n) is 25.7. The van der Waals surface area contributed by atoms with Crippen molar-refractivity contribution in [2.45, 2.75) is 19.5 Å². The number of aryl methyl sites for hydroxylation is 2. The summed E-state index contributed by atoms with van der Waals surface area (Å²) in [5.74, 6) is -0.105. The number of halogens is 3. The van der Waals surface area contributed by atoms with Crippen molar-refractivity contribution in [2.75, 3.05) is 43.4 Å². The van der Waals surface area contributed by atoms with Crippen LogP contribution in [-0.4, -0.2) is 68.8 Å². The van der Waals surface area contributed by atoms with Gasteiger partial charge in [0.1, 0.15) is 5.82 Å². The average Bonchev–Trinajstić information content (AvgIpc) is 3.48. The summed E-state index contributed by atoms with van der Waals surface area (Å²) in [4.78, 5) is 30.9. The molecular formula is C34H33F3N8O. The van der Waals surface area contributed by atoms with Gasteiger partial charge in [0.15, 0.2) is 0 Å². The number of nitrogens with one attached hydrogen (secondary N) is 1. The van der Waals surface area contributed by atoms with Gasteiger partial charge in [-0.15, -0.1) is 0 Å². The topological polar surface area (TPSA) is 92.1 Å². The molecular weight excluding hydrogens is 593 g/mol. The maximum atomic E-state index is 14.1. The van der Waals surface area contributed by atoms with Crippen LogP contribution in [0.3, 0.4) is 0 Å². The number of anilines is 2. The molecule has 0 atom stereocenters. The van der Waals surface area contributed by atoms with Crippen LogP contribution in [0.25, 0.3) is 22.5 Å². The highest BCUT2D eigenvalue weighted by atomic mass is 19.4. The molecule has 6 rings (SSSR count). The fourth-order valence-corrected chi connectivity index (χ4v) is 5.44. The van der Waals surface area contributed by atoms with Crippen LogP contribution in [0.5, 0.6) is 0 Å². The van der Waals surface area contributed by atoms with Crippen LogP contribution >= 0.6 is 0 Å². The number of hydrogen-bond donors (Lipinski definition) is 1. The summed E-state index contributed by atoms with van der Waals surface area (Å²) in [6, 6.07) is 14.8. The van der Waals surface area contributed by atoms with Gasteiger partial charge in [-0.25, -0.2) is 9.97 Å². The number of benzene rings is 2. The lowest BCUT2D eigenvalue weighted by molar-refractivity contribution is -0.136. The van der Waals surface area contributed by atoms with Gasteiger partial charge in [0.05, 0.1) is 22.6 Å². The summed E-state index contributed by atoms with van der Waals surface area (Å²) in [6.45, 7) is 4.70. The number of pyridine rings is 1. The lowest BCUT2D eigenvalue weighted by Crippen LogP contribution is -2.44. The monoisotopic (exact) mass is 626 g/mol. The molecule has 1 N–H and O–H groups in total. The Kier molecular flexibility index (Phi) is 8.55. The number of carbonyl (C=O) groups excluding carboxylic acids is 1. The molecule has 1 aliphatic heterocycles. The Balaban J connectivity index is 1.21. The second-order valence-electron chi connectivity index (χ2n) is 11.5. The van der Waals surface area contributed by atoms with E-state index in [1.54, 1.807) is 53.6 Å². The minimum atomic E-state index is -4.64. The predicted molar refractivity (Wildman–Crippen MR) is 171 cm³/mol. The van der Waals surface area contributed by atoms with E-state index in [9.17, 15) is 18.0 Å². The van der Waals surface area contributed by atoms with Crippen molar-refractivity contribution in [1.29, 1.82) is 0 Å².